The molecule has 0 fully saturated rings. The van der Waals surface area contributed by atoms with Crippen LogP contribution in [0.1, 0.15) is 34.3 Å². The van der Waals surface area contributed by atoms with Crippen molar-refractivity contribution >= 4 is 11.9 Å². The van der Waals surface area contributed by atoms with Crippen LogP contribution in [0.4, 0.5) is 0 Å². The summed E-state index contributed by atoms with van der Waals surface area (Å²) in [5.41, 5.74) is 1.66. The maximum absolute atomic E-state index is 12.1. The maximum Gasteiger partial charge on any atom is 0.344 e. The number of aromatic nitrogens is 1. The minimum atomic E-state index is -0.612. The van der Waals surface area contributed by atoms with Gasteiger partial charge in [-0.25, -0.2) is 4.79 Å². The molecule has 134 valence electrons. The van der Waals surface area contributed by atoms with Crippen molar-refractivity contribution in [1.82, 2.24) is 10.1 Å². The normalized spacial score (nSPS) is 10.4. The number of ether oxygens (including phenoxy) is 2. The van der Waals surface area contributed by atoms with Crippen molar-refractivity contribution in [1.29, 1.82) is 0 Å². The van der Waals surface area contributed by atoms with E-state index in [1.807, 2.05) is 31.2 Å². The van der Waals surface area contributed by atoms with Gasteiger partial charge in [0.1, 0.15) is 17.1 Å². The Morgan fingerprint density at radius 3 is 2.44 bits per heavy atom. The number of hydrogen-bond acceptors (Lipinski definition) is 6. The van der Waals surface area contributed by atoms with Gasteiger partial charge in [-0.05, 0) is 38.5 Å². The van der Waals surface area contributed by atoms with E-state index in [2.05, 4.69) is 5.16 Å². The average Bonchev–Trinajstić information content (AvgIpc) is 2.93. The minimum absolute atomic E-state index is 0.266. The molecule has 0 bridgehead atoms. The Balaban J connectivity index is 1.86. The van der Waals surface area contributed by atoms with E-state index in [9.17, 15) is 9.59 Å². The van der Waals surface area contributed by atoms with Gasteiger partial charge in [-0.3, -0.25) is 4.79 Å². The average molecular weight is 346 g/mol. The first-order chi connectivity index (χ1) is 11.9. The monoisotopic (exact) mass is 346 g/mol. The number of amides is 1. The van der Waals surface area contributed by atoms with Crippen LogP contribution < -0.4 is 4.74 Å². The van der Waals surface area contributed by atoms with Crippen LogP contribution in [0.25, 0.3) is 0 Å². The van der Waals surface area contributed by atoms with Crippen LogP contribution in [0.5, 0.6) is 5.75 Å². The van der Waals surface area contributed by atoms with Crippen molar-refractivity contribution in [2.75, 3.05) is 20.3 Å². The lowest BCUT2D eigenvalue weighted by molar-refractivity contribution is -0.133. The molecular formula is C18H22N2O5. The zero-order chi connectivity index (χ0) is 18.4. The predicted molar refractivity (Wildman–Crippen MR) is 90.3 cm³/mol. The fraction of sp³-hybridized carbons (Fsp3) is 0.389. The molecule has 0 unspecified atom stereocenters. The predicted octanol–water partition coefficient (Wildman–Crippen LogP) is 2.51. The number of aryl methyl sites for hydroxylation is 2. The molecule has 0 atom stereocenters. The van der Waals surface area contributed by atoms with Gasteiger partial charge in [-0.15, -0.1) is 0 Å². The molecule has 0 saturated carbocycles. The van der Waals surface area contributed by atoms with Crippen LogP contribution in [-0.2, 0) is 16.1 Å². The number of rotatable bonds is 7. The third kappa shape index (κ3) is 4.82. The second-order valence-corrected chi connectivity index (χ2v) is 5.60. The topological polar surface area (TPSA) is 81.9 Å². The van der Waals surface area contributed by atoms with E-state index in [1.54, 1.807) is 20.9 Å². The summed E-state index contributed by atoms with van der Waals surface area (Å²) in [5, 5.41) is 3.69. The first-order valence-electron chi connectivity index (χ1n) is 7.98. The highest BCUT2D eigenvalue weighted by Gasteiger charge is 2.20. The van der Waals surface area contributed by atoms with Gasteiger partial charge in [0.05, 0.1) is 12.3 Å². The Morgan fingerprint density at radius 2 is 1.88 bits per heavy atom. The quantitative estimate of drug-likeness (QED) is 0.717. The van der Waals surface area contributed by atoms with Crippen molar-refractivity contribution in [2.24, 2.45) is 0 Å². The Bertz CT molecular complexity index is 717. The molecule has 2 aromatic rings. The van der Waals surface area contributed by atoms with Gasteiger partial charge >= 0.3 is 5.97 Å². The fourth-order valence-corrected chi connectivity index (χ4v) is 2.30. The van der Waals surface area contributed by atoms with E-state index in [-0.39, 0.29) is 18.1 Å². The van der Waals surface area contributed by atoms with Crippen molar-refractivity contribution in [3.63, 3.8) is 0 Å². The van der Waals surface area contributed by atoms with Gasteiger partial charge in [0.2, 0.25) is 0 Å². The van der Waals surface area contributed by atoms with E-state index in [1.165, 1.54) is 4.90 Å². The molecule has 0 spiro atoms. The largest absolute Gasteiger partial charge is 0.494 e. The number of nitrogens with zero attached hydrogens (tertiary/aromatic N) is 2. The Morgan fingerprint density at radius 1 is 1.20 bits per heavy atom. The molecule has 7 heteroatoms. The molecule has 1 amide bonds. The molecule has 0 N–H and O–H groups in total. The molecule has 0 aliphatic carbocycles. The van der Waals surface area contributed by atoms with Gasteiger partial charge in [0, 0.05) is 13.6 Å². The molecule has 1 aromatic carbocycles. The molecule has 0 aliphatic heterocycles. The zero-order valence-corrected chi connectivity index (χ0v) is 14.9. The third-order valence-corrected chi connectivity index (χ3v) is 3.64. The number of benzene rings is 1. The molecule has 1 aromatic heterocycles. The lowest BCUT2D eigenvalue weighted by Crippen LogP contribution is -2.30. The van der Waals surface area contributed by atoms with E-state index in [0.717, 1.165) is 11.3 Å². The van der Waals surface area contributed by atoms with Crippen molar-refractivity contribution < 1.29 is 23.6 Å². The Kier molecular flexibility index (Phi) is 6.16. The summed E-state index contributed by atoms with van der Waals surface area (Å²) in [5.74, 6) is 0.249. The molecule has 0 aliphatic rings. The lowest BCUT2D eigenvalue weighted by atomic mass is 10.2. The first-order valence-corrected chi connectivity index (χ1v) is 7.98. The first kappa shape index (κ1) is 18.5. The van der Waals surface area contributed by atoms with Crippen LogP contribution in [0, 0.1) is 13.8 Å². The van der Waals surface area contributed by atoms with Crippen molar-refractivity contribution in [3.05, 3.63) is 46.8 Å². The van der Waals surface area contributed by atoms with E-state index >= 15 is 0 Å². The number of carbonyl (C=O) groups excluding carboxylic acids is 2. The third-order valence-electron chi connectivity index (χ3n) is 3.64. The summed E-state index contributed by atoms with van der Waals surface area (Å²) >= 11 is 0. The molecule has 0 radical (unpaired) electrons. The Hall–Kier alpha value is -2.83. The summed E-state index contributed by atoms with van der Waals surface area (Å²) in [6, 6.07) is 7.50. The zero-order valence-electron chi connectivity index (χ0n) is 14.9. The van der Waals surface area contributed by atoms with E-state index in [4.69, 9.17) is 14.0 Å². The van der Waals surface area contributed by atoms with Gasteiger partial charge in [-0.2, -0.15) is 0 Å². The van der Waals surface area contributed by atoms with Crippen LogP contribution in [0.2, 0.25) is 0 Å². The lowest BCUT2D eigenvalue weighted by Gasteiger charge is -2.17. The second kappa shape index (κ2) is 8.32. The van der Waals surface area contributed by atoms with Crippen LogP contribution in [0.15, 0.2) is 28.8 Å². The summed E-state index contributed by atoms with van der Waals surface area (Å²) < 4.78 is 15.4. The minimum Gasteiger partial charge on any atom is -0.494 e. The van der Waals surface area contributed by atoms with Gasteiger partial charge in [-0.1, -0.05) is 17.3 Å². The van der Waals surface area contributed by atoms with Crippen molar-refractivity contribution in [2.45, 2.75) is 27.3 Å². The highest BCUT2D eigenvalue weighted by molar-refractivity contribution is 5.93. The number of carbonyl (C=O) groups is 2. The molecule has 25 heavy (non-hydrogen) atoms. The number of esters is 1. The molecule has 1 heterocycles. The SMILES string of the molecule is CCOc1ccc(CN(C)C(=O)COC(=O)c2c(C)noc2C)cc1. The number of hydrogen-bond donors (Lipinski definition) is 0. The van der Waals surface area contributed by atoms with Gasteiger partial charge < -0.3 is 18.9 Å². The highest BCUT2D eigenvalue weighted by atomic mass is 16.5. The summed E-state index contributed by atoms with van der Waals surface area (Å²) in [4.78, 5) is 25.7. The highest BCUT2D eigenvalue weighted by Crippen LogP contribution is 2.15. The summed E-state index contributed by atoms with van der Waals surface area (Å²) in [6.07, 6.45) is 0. The number of likely N-dealkylation sites (N-methyl/N-ethyl adjacent to an activating group) is 1. The van der Waals surface area contributed by atoms with Gasteiger partial charge in [0.15, 0.2) is 6.61 Å². The second-order valence-electron chi connectivity index (χ2n) is 5.60. The summed E-state index contributed by atoms with van der Waals surface area (Å²) in [6.45, 7) is 5.87. The Labute approximate surface area is 146 Å². The van der Waals surface area contributed by atoms with E-state index < -0.39 is 5.97 Å². The van der Waals surface area contributed by atoms with Crippen LogP contribution in [0.3, 0.4) is 0 Å². The maximum atomic E-state index is 12.1. The molecule has 7 nitrogen and oxygen atoms in total. The smallest absolute Gasteiger partial charge is 0.344 e. The van der Waals surface area contributed by atoms with Crippen molar-refractivity contribution in [3.8, 4) is 5.75 Å². The van der Waals surface area contributed by atoms with Crippen LogP contribution >= 0.6 is 0 Å². The fourth-order valence-electron chi connectivity index (χ4n) is 2.30. The van der Waals surface area contributed by atoms with Crippen LogP contribution in [-0.4, -0.2) is 42.2 Å². The molecular weight excluding hydrogens is 324 g/mol. The standard InChI is InChI=1S/C18H22N2O5/c1-5-23-15-8-6-14(7-9-15)10-20(4)16(21)11-24-18(22)17-12(2)19-25-13(17)3/h6-9H,5,10-11H2,1-4H3. The van der Waals surface area contributed by atoms with E-state index in [0.29, 0.717) is 24.6 Å². The van der Waals surface area contributed by atoms with Gasteiger partial charge in [0.25, 0.3) is 5.91 Å². The summed E-state index contributed by atoms with van der Waals surface area (Å²) in [7, 11) is 1.66. The molecule has 2 rings (SSSR count). The molecule has 0 saturated heterocycles.